The predicted octanol–water partition coefficient (Wildman–Crippen LogP) is 3.14. The summed E-state index contributed by atoms with van der Waals surface area (Å²) in [7, 11) is 1.88. The van der Waals surface area contributed by atoms with Crippen molar-refractivity contribution in [1.82, 2.24) is 20.4 Å². The maximum Gasteiger partial charge on any atom is 0.317 e. The molecule has 1 saturated carbocycles. The number of rotatable bonds is 6. The maximum atomic E-state index is 12.5. The molecule has 1 heterocycles. The van der Waals surface area contributed by atoms with Gasteiger partial charge in [-0.15, -0.1) is 0 Å². The molecule has 2 rings (SSSR count). The normalized spacial score (nSPS) is 22.5. The highest BCUT2D eigenvalue weighted by Gasteiger charge is 2.31. The predicted molar refractivity (Wildman–Crippen MR) is 87.9 cm³/mol. The second-order valence-electron chi connectivity index (χ2n) is 5.74. The van der Waals surface area contributed by atoms with Crippen molar-refractivity contribution in [3.63, 3.8) is 0 Å². The first-order chi connectivity index (χ1) is 10.5. The van der Waals surface area contributed by atoms with E-state index in [0.29, 0.717) is 23.0 Å². The van der Waals surface area contributed by atoms with Gasteiger partial charge in [0.25, 0.3) is 0 Å². The Morgan fingerprint density at radius 3 is 2.86 bits per heavy atom. The van der Waals surface area contributed by atoms with E-state index in [-0.39, 0.29) is 12.1 Å². The highest BCUT2D eigenvalue weighted by Crippen LogP contribution is 2.32. The molecule has 1 fully saturated rings. The van der Waals surface area contributed by atoms with E-state index in [1.807, 2.05) is 30.6 Å². The highest BCUT2D eigenvalue weighted by molar-refractivity contribution is 7.99. The van der Waals surface area contributed by atoms with Crippen LogP contribution in [0.2, 0.25) is 0 Å². The van der Waals surface area contributed by atoms with Crippen molar-refractivity contribution in [3.05, 3.63) is 11.7 Å². The molecule has 6 nitrogen and oxygen atoms in total. The topological polar surface area (TPSA) is 71.3 Å². The van der Waals surface area contributed by atoms with Crippen LogP contribution in [-0.2, 0) is 0 Å². The lowest BCUT2D eigenvalue weighted by Gasteiger charge is -2.26. The molecule has 0 saturated heterocycles. The number of nitrogens with one attached hydrogen (secondary N) is 1. The van der Waals surface area contributed by atoms with E-state index < -0.39 is 0 Å². The third-order valence-corrected chi connectivity index (χ3v) is 5.42. The van der Waals surface area contributed by atoms with Crippen LogP contribution in [0.4, 0.5) is 4.79 Å². The number of hydrogen-bond acceptors (Lipinski definition) is 5. The lowest BCUT2D eigenvalue weighted by Crippen LogP contribution is -2.44. The van der Waals surface area contributed by atoms with E-state index >= 15 is 0 Å². The molecule has 7 heteroatoms. The fraction of sp³-hybridized carbons (Fsp3) is 0.800. The van der Waals surface area contributed by atoms with Crippen LogP contribution >= 0.6 is 11.8 Å². The van der Waals surface area contributed by atoms with Gasteiger partial charge in [0.15, 0.2) is 5.82 Å². The third-order valence-electron chi connectivity index (χ3n) is 4.19. The van der Waals surface area contributed by atoms with Gasteiger partial charge < -0.3 is 14.7 Å². The van der Waals surface area contributed by atoms with Crippen LogP contribution in [0, 0.1) is 6.92 Å². The molecule has 2 amide bonds. The van der Waals surface area contributed by atoms with E-state index in [0.717, 1.165) is 25.0 Å². The van der Waals surface area contributed by atoms with Gasteiger partial charge in [-0.3, -0.25) is 0 Å². The summed E-state index contributed by atoms with van der Waals surface area (Å²) in [6.07, 6.45) is 4.10. The van der Waals surface area contributed by atoms with Crippen molar-refractivity contribution in [1.29, 1.82) is 0 Å². The summed E-state index contributed by atoms with van der Waals surface area (Å²) in [6, 6.07) is 0.0737. The molecule has 0 bridgehead atoms. The molecule has 1 aliphatic rings. The summed E-state index contributed by atoms with van der Waals surface area (Å²) in [6.45, 7) is 5.94. The number of urea groups is 1. The summed E-state index contributed by atoms with van der Waals surface area (Å²) in [5.41, 5.74) is 0. The van der Waals surface area contributed by atoms with E-state index in [4.69, 9.17) is 4.52 Å². The molecule has 1 N–H and O–H groups in total. The molecular weight excluding hydrogens is 300 g/mol. The van der Waals surface area contributed by atoms with Crippen LogP contribution in [0.25, 0.3) is 0 Å². The van der Waals surface area contributed by atoms with Gasteiger partial charge in [-0.1, -0.05) is 19.0 Å². The zero-order valence-corrected chi connectivity index (χ0v) is 14.7. The van der Waals surface area contributed by atoms with Crippen molar-refractivity contribution < 1.29 is 9.32 Å². The van der Waals surface area contributed by atoms with Gasteiger partial charge in [0.2, 0.25) is 5.89 Å². The number of hydrogen-bond donors (Lipinski definition) is 1. The van der Waals surface area contributed by atoms with Gasteiger partial charge in [-0.2, -0.15) is 16.7 Å². The molecule has 124 valence electrons. The lowest BCUT2D eigenvalue weighted by atomic mass is 10.2. The Morgan fingerprint density at radius 2 is 2.27 bits per heavy atom. The van der Waals surface area contributed by atoms with E-state index in [1.165, 1.54) is 6.42 Å². The van der Waals surface area contributed by atoms with E-state index in [9.17, 15) is 4.79 Å². The van der Waals surface area contributed by atoms with Crippen LogP contribution < -0.4 is 5.32 Å². The second-order valence-corrected chi connectivity index (χ2v) is 7.31. The number of nitrogens with zero attached hydrogens (tertiary/aromatic N) is 3. The van der Waals surface area contributed by atoms with Crippen LogP contribution in [0.15, 0.2) is 4.52 Å². The van der Waals surface area contributed by atoms with Crippen LogP contribution in [-0.4, -0.2) is 45.2 Å². The van der Waals surface area contributed by atoms with Crippen LogP contribution in [0.3, 0.4) is 0 Å². The van der Waals surface area contributed by atoms with Crippen LogP contribution in [0.1, 0.15) is 57.3 Å². The fourth-order valence-electron chi connectivity index (χ4n) is 2.88. The fourth-order valence-corrected chi connectivity index (χ4v) is 4.01. The van der Waals surface area contributed by atoms with Gasteiger partial charge in [0.05, 0.1) is 6.04 Å². The molecule has 0 unspecified atom stereocenters. The number of thioether (sulfide) groups is 1. The van der Waals surface area contributed by atoms with Crippen molar-refractivity contribution in [3.8, 4) is 0 Å². The molecule has 0 aliphatic heterocycles. The molecule has 1 aliphatic carbocycles. The van der Waals surface area contributed by atoms with Crippen molar-refractivity contribution in [2.75, 3.05) is 12.8 Å². The average molecular weight is 326 g/mol. The van der Waals surface area contributed by atoms with E-state index in [2.05, 4.69) is 22.4 Å². The Kier molecular flexibility index (Phi) is 6.11. The highest BCUT2D eigenvalue weighted by atomic mass is 32.2. The summed E-state index contributed by atoms with van der Waals surface area (Å²) in [5.74, 6) is 2.21. The molecule has 3 atom stereocenters. The summed E-state index contributed by atoms with van der Waals surface area (Å²) in [4.78, 5) is 18.5. The zero-order valence-electron chi connectivity index (χ0n) is 13.8. The molecule has 1 aromatic rings. The standard InChI is InChI=1S/C15H26N4O2S/c1-5-13(14-16-10(3)21-18-14)17-15(20)19(4)11-7-8-12(9-11)22-6-2/h11-13H,5-9H2,1-4H3,(H,17,20)/t11-,12-,13-/m1/s1. The van der Waals surface area contributed by atoms with Gasteiger partial charge in [0, 0.05) is 25.3 Å². The van der Waals surface area contributed by atoms with E-state index in [1.54, 1.807) is 6.92 Å². The Morgan fingerprint density at radius 1 is 1.50 bits per heavy atom. The average Bonchev–Trinajstić information content (AvgIpc) is 3.13. The number of carbonyl (C=O) groups excluding carboxylic acids is 1. The molecule has 0 aromatic carbocycles. The summed E-state index contributed by atoms with van der Waals surface area (Å²) in [5, 5.41) is 7.61. The lowest BCUT2D eigenvalue weighted by molar-refractivity contribution is 0.186. The monoisotopic (exact) mass is 326 g/mol. The second kappa shape index (κ2) is 7.85. The zero-order chi connectivity index (χ0) is 16.1. The summed E-state index contributed by atoms with van der Waals surface area (Å²) < 4.78 is 5.00. The largest absolute Gasteiger partial charge is 0.340 e. The Hall–Kier alpha value is -1.24. The molecule has 22 heavy (non-hydrogen) atoms. The first-order valence-electron chi connectivity index (χ1n) is 8.00. The van der Waals surface area contributed by atoms with Gasteiger partial charge >= 0.3 is 6.03 Å². The quantitative estimate of drug-likeness (QED) is 0.869. The molecular formula is C15H26N4O2S. The Balaban J connectivity index is 1.90. The third kappa shape index (κ3) is 4.15. The van der Waals surface area contributed by atoms with Gasteiger partial charge in [-0.05, 0) is 31.4 Å². The minimum Gasteiger partial charge on any atom is -0.340 e. The summed E-state index contributed by atoms with van der Waals surface area (Å²) >= 11 is 2.00. The molecule has 0 radical (unpaired) electrons. The number of amides is 2. The number of aromatic nitrogens is 2. The first-order valence-corrected chi connectivity index (χ1v) is 9.05. The molecule has 1 aromatic heterocycles. The number of carbonyl (C=O) groups is 1. The Labute approximate surface area is 136 Å². The maximum absolute atomic E-state index is 12.5. The van der Waals surface area contributed by atoms with Crippen molar-refractivity contribution >= 4 is 17.8 Å². The minimum absolute atomic E-state index is 0.0542. The van der Waals surface area contributed by atoms with Crippen molar-refractivity contribution in [2.24, 2.45) is 0 Å². The Bertz CT molecular complexity index is 494. The van der Waals surface area contributed by atoms with Gasteiger partial charge in [-0.25, -0.2) is 4.79 Å². The SMILES string of the molecule is CCS[C@@H]1CC[C@@H](N(C)C(=O)N[C@H](CC)c2noc(C)n2)C1. The minimum atomic E-state index is -0.199. The number of aryl methyl sites for hydroxylation is 1. The van der Waals surface area contributed by atoms with Crippen LogP contribution in [0.5, 0.6) is 0 Å². The molecule has 0 spiro atoms. The first kappa shape index (κ1) is 17.1. The van der Waals surface area contributed by atoms with Crippen molar-refractivity contribution in [2.45, 2.75) is 63.8 Å². The van der Waals surface area contributed by atoms with Gasteiger partial charge in [0.1, 0.15) is 0 Å². The smallest absolute Gasteiger partial charge is 0.317 e.